The van der Waals surface area contributed by atoms with Crippen molar-refractivity contribution in [1.29, 1.82) is 0 Å². The number of nitrogens with one attached hydrogen (secondary N) is 1. The second kappa shape index (κ2) is 7.20. The van der Waals surface area contributed by atoms with E-state index in [1.54, 1.807) is 17.8 Å². The van der Waals surface area contributed by atoms with E-state index in [0.29, 0.717) is 12.3 Å². The lowest BCUT2D eigenvalue weighted by molar-refractivity contribution is -0.134. The van der Waals surface area contributed by atoms with E-state index in [9.17, 15) is 9.90 Å². The van der Waals surface area contributed by atoms with Crippen molar-refractivity contribution >= 4 is 17.7 Å². The molecule has 2 aliphatic rings. The molecule has 23 heavy (non-hydrogen) atoms. The molecule has 0 aliphatic carbocycles. The number of carboxylic acid groups (broad SMARTS) is 1. The number of pyridine rings is 1. The third-order valence-electron chi connectivity index (χ3n) is 3.99. The molecule has 3 heterocycles. The number of likely N-dealkylation sites (N-methyl/N-ethyl adjacent to an activating group) is 1. The fourth-order valence-electron chi connectivity index (χ4n) is 2.77. The maximum Gasteiger partial charge on any atom is 0.352 e. The van der Waals surface area contributed by atoms with Gasteiger partial charge in [-0.25, -0.2) is 4.79 Å². The first kappa shape index (κ1) is 16.1. The number of carbonyl (C=O) groups is 1. The third kappa shape index (κ3) is 3.60. The summed E-state index contributed by atoms with van der Waals surface area (Å²) in [5.41, 5.74) is 0.330. The topological polar surface area (TPSA) is 77.9 Å². The number of aromatic nitrogens is 1. The summed E-state index contributed by atoms with van der Waals surface area (Å²) < 4.78 is 5.84. The average molecular weight is 336 g/mol. The van der Waals surface area contributed by atoms with E-state index in [2.05, 4.69) is 15.2 Å². The maximum absolute atomic E-state index is 11.2. The number of thioether (sulfide) groups is 1. The fourth-order valence-corrected chi connectivity index (χ4v) is 4.02. The summed E-state index contributed by atoms with van der Waals surface area (Å²) in [4.78, 5) is 19.4. The van der Waals surface area contributed by atoms with Gasteiger partial charge in [0.05, 0.1) is 12.2 Å². The number of ether oxygens (including phenoxy) is 1. The van der Waals surface area contributed by atoms with E-state index >= 15 is 0 Å². The summed E-state index contributed by atoms with van der Waals surface area (Å²) in [6.07, 6.45) is 3.41. The van der Waals surface area contributed by atoms with Crippen LogP contribution in [0.4, 0.5) is 0 Å². The van der Waals surface area contributed by atoms with Crippen LogP contribution in [-0.2, 0) is 4.79 Å². The van der Waals surface area contributed by atoms with Gasteiger partial charge < -0.3 is 20.1 Å². The van der Waals surface area contributed by atoms with Crippen LogP contribution in [0, 0.1) is 0 Å². The maximum atomic E-state index is 11.2. The zero-order valence-corrected chi connectivity index (χ0v) is 13.7. The number of rotatable bonds is 5. The van der Waals surface area contributed by atoms with Crippen LogP contribution in [-0.4, -0.2) is 70.7 Å². The van der Waals surface area contributed by atoms with Gasteiger partial charge in [0.25, 0.3) is 0 Å². The number of aliphatic carboxylic acids is 1. The molecule has 1 aromatic rings. The molecular weight excluding hydrogens is 316 g/mol. The zero-order chi connectivity index (χ0) is 16.2. The zero-order valence-electron chi connectivity index (χ0n) is 12.9. The molecule has 0 radical (unpaired) electrons. The molecule has 2 N–H and O–H groups in total. The SMILES string of the molecule is CN1C(C(=O)O)=CSC1N1CCNCC1COc1cccnc1. The molecular formula is C15H20N4O3S. The summed E-state index contributed by atoms with van der Waals surface area (Å²) in [5, 5.41) is 14.3. The number of hydrogen-bond acceptors (Lipinski definition) is 7. The molecule has 3 rings (SSSR count). The van der Waals surface area contributed by atoms with Crippen molar-refractivity contribution in [3.05, 3.63) is 35.6 Å². The summed E-state index contributed by atoms with van der Waals surface area (Å²) >= 11 is 1.53. The van der Waals surface area contributed by atoms with Crippen LogP contribution in [0.15, 0.2) is 35.6 Å². The van der Waals surface area contributed by atoms with Crippen LogP contribution in [0.3, 0.4) is 0 Å². The van der Waals surface area contributed by atoms with Crippen LogP contribution in [0.1, 0.15) is 0 Å². The first-order chi connectivity index (χ1) is 11.2. The molecule has 0 aromatic carbocycles. The summed E-state index contributed by atoms with van der Waals surface area (Å²) in [5.74, 6) is -0.143. The average Bonchev–Trinajstić information content (AvgIpc) is 2.96. The molecule has 0 spiro atoms. The van der Waals surface area contributed by atoms with E-state index < -0.39 is 5.97 Å². The molecule has 0 saturated carbocycles. The van der Waals surface area contributed by atoms with E-state index in [1.807, 2.05) is 24.1 Å². The minimum atomic E-state index is -0.888. The number of carboxylic acids is 1. The van der Waals surface area contributed by atoms with Gasteiger partial charge in [0, 0.05) is 38.3 Å². The van der Waals surface area contributed by atoms with Gasteiger partial charge in [-0.15, -0.1) is 0 Å². The van der Waals surface area contributed by atoms with E-state index in [-0.39, 0.29) is 11.5 Å². The molecule has 8 heteroatoms. The Morgan fingerprint density at radius 2 is 2.48 bits per heavy atom. The molecule has 2 unspecified atom stereocenters. The Labute approximate surface area is 139 Å². The molecule has 1 aromatic heterocycles. The number of nitrogens with zero attached hydrogens (tertiary/aromatic N) is 3. The van der Waals surface area contributed by atoms with E-state index in [1.165, 1.54) is 11.8 Å². The van der Waals surface area contributed by atoms with Crippen molar-refractivity contribution < 1.29 is 14.6 Å². The summed E-state index contributed by atoms with van der Waals surface area (Å²) in [7, 11) is 1.83. The van der Waals surface area contributed by atoms with Crippen molar-refractivity contribution in [1.82, 2.24) is 20.1 Å². The second-order valence-electron chi connectivity index (χ2n) is 5.48. The quantitative estimate of drug-likeness (QED) is 0.810. The number of piperazine rings is 1. The smallest absolute Gasteiger partial charge is 0.352 e. The molecule has 1 saturated heterocycles. The molecule has 0 amide bonds. The Hall–Kier alpha value is -1.77. The Morgan fingerprint density at radius 3 is 3.17 bits per heavy atom. The Bertz CT molecular complexity index is 583. The molecule has 7 nitrogen and oxygen atoms in total. The standard InChI is InChI=1S/C15H20N4O3S/c1-18-13(14(20)21)10-23-15(18)19-6-5-17-7-11(19)9-22-12-3-2-4-16-8-12/h2-4,8,10-11,15,17H,5-7,9H2,1H3,(H,20,21). The van der Waals surface area contributed by atoms with Gasteiger partial charge >= 0.3 is 5.97 Å². The summed E-state index contributed by atoms with van der Waals surface area (Å²) in [6.45, 7) is 3.08. The molecule has 1 fully saturated rings. The minimum Gasteiger partial charge on any atom is -0.490 e. The normalized spacial score (nSPS) is 25.3. The predicted octanol–water partition coefficient (Wildman–Crippen LogP) is 0.622. The van der Waals surface area contributed by atoms with Crippen LogP contribution >= 0.6 is 11.8 Å². The van der Waals surface area contributed by atoms with Crippen LogP contribution in [0.25, 0.3) is 0 Å². The van der Waals surface area contributed by atoms with Crippen molar-refractivity contribution in [2.45, 2.75) is 11.5 Å². The van der Waals surface area contributed by atoms with Gasteiger partial charge in [0.2, 0.25) is 0 Å². The highest BCUT2D eigenvalue weighted by Crippen LogP contribution is 2.33. The molecule has 2 aliphatic heterocycles. The second-order valence-corrected chi connectivity index (χ2v) is 6.41. The Morgan fingerprint density at radius 1 is 1.61 bits per heavy atom. The van der Waals surface area contributed by atoms with E-state index in [0.717, 1.165) is 25.4 Å². The van der Waals surface area contributed by atoms with Gasteiger partial charge in [-0.2, -0.15) is 0 Å². The van der Waals surface area contributed by atoms with Gasteiger partial charge in [-0.3, -0.25) is 9.88 Å². The minimum absolute atomic E-state index is 0.00861. The van der Waals surface area contributed by atoms with Gasteiger partial charge in [-0.1, -0.05) is 11.8 Å². The van der Waals surface area contributed by atoms with Crippen molar-refractivity contribution in [3.63, 3.8) is 0 Å². The first-order valence-corrected chi connectivity index (χ1v) is 8.42. The van der Waals surface area contributed by atoms with E-state index in [4.69, 9.17) is 4.74 Å². The Balaban J connectivity index is 1.64. The summed E-state index contributed by atoms with van der Waals surface area (Å²) in [6, 6.07) is 3.90. The fraction of sp³-hybridized carbons (Fsp3) is 0.467. The lowest BCUT2D eigenvalue weighted by atomic mass is 10.2. The highest BCUT2D eigenvalue weighted by molar-refractivity contribution is 8.02. The van der Waals surface area contributed by atoms with Gasteiger partial charge in [0.15, 0.2) is 0 Å². The number of hydrogen-bond donors (Lipinski definition) is 2. The monoisotopic (exact) mass is 336 g/mol. The highest BCUT2D eigenvalue weighted by Gasteiger charge is 2.37. The van der Waals surface area contributed by atoms with Gasteiger partial charge in [0.1, 0.15) is 23.6 Å². The largest absolute Gasteiger partial charge is 0.490 e. The van der Waals surface area contributed by atoms with Crippen LogP contribution in [0.5, 0.6) is 5.75 Å². The van der Waals surface area contributed by atoms with Crippen LogP contribution < -0.4 is 10.1 Å². The molecule has 124 valence electrons. The lowest BCUT2D eigenvalue weighted by Gasteiger charge is -2.42. The lowest BCUT2D eigenvalue weighted by Crippen LogP contribution is -2.59. The van der Waals surface area contributed by atoms with Crippen molar-refractivity contribution in [3.8, 4) is 5.75 Å². The van der Waals surface area contributed by atoms with Gasteiger partial charge in [-0.05, 0) is 12.1 Å². The predicted molar refractivity (Wildman–Crippen MR) is 88.0 cm³/mol. The van der Waals surface area contributed by atoms with Crippen molar-refractivity contribution in [2.75, 3.05) is 33.3 Å². The Kier molecular flexibility index (Phi) is 5.04. The van der Waals surface area contributed by atoms with Crippen LogP contribution in [0.2, 0.25) is 0 Å². The first-order valence-electron chi connectivity index (χ1n) is 7.48. The molecule has 0 bridgehead atoms. The molecule has 2 atom stereocenters. The van der Waals surface area contributed by atoms with Crippen molar-refractivity contribution in [2.24, 2.45) is 0 Å². The third-order valence-corrected chi connectivity index (χ3v) is 5.18. The highest BCUT2D eigenvalue weighted by atomic mass is 32.2.